The van der Waals surface area contributed by atoms with E-state index in [4.69, 9.17) is 35.3 Å². The van der Waals surface area contributed by atoms with Gasteiger partial charge in [0.1, 0.15) is 0 Å². The zero-order chi connectivity index (χ0) is 16.8. The molecule has 0 bridgehead atoms. The molecule has 8 heteroatoms. The molecule has 0 spiro atoms. The SMILES string of the molecule is CC(O)COC(C)COC(C)CO.N#CC(C#N)C(=O)O. The van der Waals surface area contributed by atoms with Crippen molar-refractivity contribution < 1.29 is 29.6 Å². The predicted molar refractivity (Wildman–Crippen MR) is 71.9 cm³/mol. The molecule has 0 aliphatic carbocycles. The summed E-state index contributed by atoms with van der Waals surface area (Å²) < 4.78 is 10.5. The van der Waals surface area contributed by atoms with Gasteiger partial charge in [-0.15, -0.1) is 0 Å². The van der Waals surface area contributed by atoms with Crippen LogP contribution in [-0.4, -0.2) is 59.4 Å². The van der Waals surface area contributed by atoms with E-state index in [0.29, 0.717) is 13.2 Å². The Morgan fingerprint density at radius 3 is 1.86 bits per heavy atom. The largest absolute Gasteiger partial charge is 0.479 e. The summed E-state index contributed by atoms with van der Waals surface area (Å²) in [5, 5.41) is 41.2. The van der Waals surface area contributed by atoms with Gasteiger partial charge in [0.25, 0.3) is 0 Å². The van der Waals surface area contributed by atoms with Crippen LogP contribution in [0.1, 0.15) is 20.8 Å². The Balaban J connectivity index is 0. The van der Waals surface area contributed by atoms with Crippen LogP contribution in [0, 0.1) is 28.6 Å². The first-order valence-corrected chi connectivity index (χ1v) is 6.32. The monoisotopic (exact) mass is 302 g/mol. The van der Waals surface area contributed by atoms with Crippen LogP contribution in [-0.2, 0) is 14.3 Å². The average Bonchev–Trinajstić information content (AvgIpc) is 2.44. The third-order valence-electron chi connectivity index (χ3n) is 2.00. The molecule has 120 valence electrons. The summed E-state index contributed by atoms with van der Waals surface area (Å²) in [6.07, 6.45) is -0.654. The number of carbonyl (C=O) groups is 1. The fourth-order valence-corrected chi connectivity index (χ4v) is 0.843. The topological polar surface area (TPSA) is 144 Å². The number of aliphatic carboxylic acids is 1. The van der Waals surface area contributed by atoms with E-state index in [2.05, 4.69) is 0 Å². The molecule has 3 unspecified atom stereocenters. The Labute approximate surface area is 124 Å². The number of hydrogen-bond donors (Lipinski definition) is 3. The molecule has 0 saturated heterocycles. The number of rotatable bonds is 8. The quantitative estimate of drug-likeness (QED) is 0.564. The minimum atomic E-state index is -1.52. The van der Waals surface area contributed by atoms with Crippen LogP contribution in [0.15, 0.2) is 0 Å². The predicted octanol–water partition coefficient (Wildman–Crippen LogP) is -0.0959. The Hall–Kier alpha value is -1.71. The molecule has 0 heterocycles. The van der Waals surface area contributed by atoms with E-state index in [1.54, 1.807) is 13.8 Å². The van der Waals surface area contributed by atoms with Crippen LogP contribution in [0.4, 0.5) is 0 Å². The van der Waals surface area contributed by atoms with Crippen LogP contribution in [0.3, 0.4) is 0 Å². The van der Waals surface area contributed by atoms with Crippen LogP contribution in [0.5, 0.6) is 0 Å². The molecule has 0 aliphatic rings. The summed E-state index contributed by atoms with van der Waals surface area (Å²) in [6, 6.07) is 2.58. The van der Waals surface area contributed by atoms with E-state index in [0.717, 1.165) is 0 Å². The second kappa shape index (κ2) is 13.3. The molecular formula is C13H22N2O6. The smallest absolute Gasteiger partial charge is 0.335 e. The second-order valence-corrected chi connectivity index (χ2v) is 4.35. The highest BCUT2D eigenvalue weighted by molar-refractivity contribution is 5.75. The zero-order valence-electron chi connectivity index (χ0n) is 12.4. The van der Waals surface area contributed by atoms with Crippen molar-refractivity contribution in [3.05, 3.63) is 0 Å². The highest BCUT2D eigenvalue weighted by atomic mass is 16.5. The summed E-state index contributed by atoms with van der Waals surface area (Å²) in [4.78, 5) is 9.72. The van der Waals surface area contributed by atoms with Gasteiger partial charge in [-0.05, 0) is 20.8 Å². The highest BCUT2D eigenvalue weighted by Crippen LogP contribution is 1.97. The Kier molecular flexibility index (Phi) is 13.7. The molecule has 0 aliphatic heterocycles. The highest BCUT2D eigenvalue weighted by Gasteiger charge is 2.13. The van der Waals surface area contributed by atoms with E-state index in [1.807, 2.05) is 6.92 Å². The molecule has 0 aromatic rings. The number of ether oxygens (including phenoxy) is 2. The molecule has 0 radical (unpaired) electrons. The first-order chi connectivity index (χ1) is 9.78. The summed E-state index contributed by atoms with van der Waals surface area (Å²) in [7, 11) is 0. The van der Waals surface area contributed by atoms with E-state index >= 15 is 0 Å². The number of carboxylic acids is 1. The number of nitrogens with zero attached hydrogens (tertiary/aromatic N) is 2. The van der Waals surface area contributed by atoms with Gasteiger partial charge in [-0.1, -0.05) is 0 Å². The van der Waals surface area contributed by atoms with Gasteiger partial charge in [0.05, 0.1) is 50.3 Å². The molecule has 0 aromatic carbocycles. The maximum absolute atomic E-state index is 9.72. The van der Waals surface area contributed by atoms with Crippen molar-refractivity contribution in [3.63, 3.8) is 0 Å². The van der Waals surface area contributed by atoms with E-state index < -0.39 is 18.0 Å². The first-order valence-electron chi connectivity index (χ1n) is 6.32. The van der Waals surface area contributed by atoms with Gasteiger partial charge in [0.2, 0.25) is 5.92 Å². The standard InChI is InChI=1S/C9H20O4.C4H2N2O2/c1-7(11)5-12-9(3)6-13-8(2)4-10;5-1-3(2-6)4(7)8/h7-11H,4-6H2,1-3H3;3H,(H,7,8). The molecule has 0 aromatic heterocycles. The number of nitriles is 2. The average molecular weight is 302 g/mol. The van der Waals surface area contributed by atoms with Gasteiger partial charge in [-0.25, -0.2) is 4.79 Å². The lowest BCUT2D eigenvalue weighted by Crippen LogP contribution is -2.24. The molecule has 21 heavy (non-hydrogen) atoms. The third-order valence-corrected chi connectivity index (χ3v) is 2.00. The van der Waals surface area contributed by atoms with Crippen molar-refractivity contribution in [1.29, 1.82) is 10.5 Å². The summed E-state index contributed by atoms with van der Waals surface area (Å²) in [6.45, 7) is 6.10. The number of carboxylic acid groups (broad SMARTS) is 1. The minimum absolute atomic E-state index is 0.0170. The van der Waals surface area contributed by atoms with Crippen molar-refractivity contribution >= 4 is 5.97 Å². The lowest BCUT2D eigenvalue weighted by atomic mass is 10.2. The molecule has 3 atom stereocenters. The third kappa shape index (κ3) is 14.5. The Bertz CT molecular complexity index is 347. The molecule has 3 N–H and O–H groups in total. The minimum Gasteiger partial charge on any atom is -0.479 e. The summed E-state index contributed by atoms with van der Waals surface area (Å²) in [5.74, 6) is -2.91. The fraction of sp³-hybridized carbons (Fsp3) is 0.769. The van der Waals surface area contributed by atoms with E-state index in [9.17, 15) is 4.79 Å². The van der Waals surface area contributed by atoms with Crippen molar-refractivity contribution in [1.82, 2.24) is 0 Å². The van der Waals surface area contributed by atoms with Crippen molar-refractivity contribution in [2.45, 2.75) is 39.1 Å². The van der Waals surface area contributed by atoms with Crippen LogP contribution in [0.25, 0.3) is 0 Å². The lowest BCUT2D eigenvalue weighted by Gasteiger charge is -2.16. The van der Waals surface area contributed by atoms with Crippen molar-refractivity contribution in [2.75, 3.05) is 19.8 Å². The molecule has 0 saturated carbocycles. The molecular weight excluding hydrogens is 280 g/mol. The maximum Gasteiger partial charge on any atom is 0.335 e. The number of aliphatic hydroxyl groups is 2. The van der Waals surface area contributed by atoms with Gasteiger partial charge in [0, 0.05) is 0 Å². The molecule has 0 rings (SSSR count). The number of aliphatic hydroxyl groups excluding tert-OH is 2. The van der Waals surface area contributed by atoms with Crippen molar-refractivity contribution in [3.8, 4) is 12.1 Å². The summed E-state index contributed by atoms with van der Waals surface area (Å²) in [5.41, 5.74) is 0. The maximum atomic E-state index is 9.72. The van der Waals surface area contributed by atoms with Crippen LogP contribution >= 0.6 is 0 Å². The normalized spacial score (nSPS) is 14.1. The second-order valence-electron chi connectivity index (χ2n) is 4.35. The van der Waals surface area contributed by atoms with Crippen molar-refractivity contribution in [2.24, 2.45) is 5.92 Å². The first kappa shape index (κ1) is 21.6. The zero-order valence-corrected chi connectivity index (χ0v) is 12.4. The van der Waals surface area contributed by atoms with E-state index in [1.165, 1.54) is 12.1 Å². The molecule has 0 amide bonds. The van der Waals surface area contributed by atoms with E-state index in [-0.39, 0.29) is 18.8 Å². The van der Waals surface area contributed by atoms with Gasteiger partial charge in [-0.2, -0.15) is 10.5 Å². The molecule has 8 nitrogen and oxygen atoms in total. The van der Waals surface area contributed by atoms with Gasteiger partial charge >= 0.3 is 5.97 Å². The number of hydrogen-bond acceptors (Lipinski definition) is 7. The van der Waals surface area contributed by atoms with Gasteiger partial charge in [0.15, 0.2) is 0 Å². The van der Waals surface area contributed by atoms with Crippen LogP contribution in [0.2, 0.25) is 0 Å². The Morgan fingerprint density at radius 2 is 1.57 bits per heavy atom. The fourth-order valence-electron chi connectivity index (χ4n) is 0.843. The summed E-state index contributed by atoms with van der Waals surface area (Å²) >= 11 is 0. The van der Waals surface area contributed by atoms with Gasteiger partial charge in [-0.3, -0.25) is 0 Å². The van der Waals surface area contributed by atoms with Gasteiger partial charge < -0.3 is 24.8 Å². The lowest BCUT2D eigenvalue weighted by molar-refractivity contribution is -0.138. The molecule has 0 fully saturated rings. The Morgan fingerprint density at radius 1 is 1.10 bits per heavy atom. The van der Waals surface area contributed by atoms with Crippen LogP contribution < -0.4 is 0 Å².